The second kappa shape index (κ2) is 12.7. The van der Waals surface area contributed by atoms with Crippen LogP contribution in [0.25, 0.3) is 10.9 Å². The molecule has 2 aromatic carbocycles. The number of unbranched alkanes of at least 4 members (excludes halogenated alkanes) is 1. The molecule has 3 aromatic rings. The molecule has 0 saturated heterocycles. The summed E-state index contributed by atoms with van der Waals surface area (Å²) in [5, 5.41) is 4.01. The molecule has 1 aromatic heterocycles. The van der Waals surface area contributed by atoms with Gasteiger partial charge in [0.15, 0.2) is 0 Å². The number of hydrogen-bond donors (Lipinski definition) is 2. The summed E-state index contributed by atoms with van der Waals surface area (Å²) < 4.78 is 5.26. The highest BCUT2D eigenvalue weighted by Gasteiger charge is 2.21. The number of rotatable bonds is 12. The number of amides is 3. The summed E-state index contributed by atoms with van der Waals surface area (Å²) in [5.41, 5.74) is 3.29. The Morgan fingerprint density at radius 3 is 2.47 bits per heavy atom. The van der Waals surface area contributed by atoms with Crippen molar-refractivity contribution in [2.24, 2.45) is 0 Å². The van der Waals surface area contributed by atoms with E-state index in [1.54, 1.807) is 12.0 Å². The quantitative estimate of drug-likeness (QED) is 0.412. The van der Waals surface area contributed by atoms with E-state index < -0.39 is 0 Å². The van der Waals surface area contributed by atoms with Gasteiger partial charge in [0.2, 0.25) is 5.91 Å². The molecular weight excluding hydrogens is 428 g/mol. The molecule has 0 atom stereocenters. The Balaban J connectivity index is 1.77. The number of methoxy groups -OCH3 is 1. The lowest BCUT2D eigenvalue weighted by molar-refractivity contribution is -0.132. The maximum Gasteiger partial charge on any atom is 0.317 e. The fourth-order valence-corrected chi connectivity index (χ4v) is 3.96. The first-order chi connectivity index (χ1) is 16.5. The molecule has 0 unspecified atom stereocenters. The number of fused-ring (bicyclic) bond motifs is 1. The summed E-state index contributed by atoms with van der Waals surface area (Å²) in [4.78, 5) is 32.8. The van der Waals surface area contributed by atoms with E-state index in [-0.39, 0.29) is 18.5 Å². The minimum Gasteiger partial charge on any atom is -0.497 e. The maximum absolute atomic E-state index is 13.4. The van der Waals surface area contributed by atoms with Crippen LogP contribution in [0, 0.1) is 0 Å². The molecule has 0 radical (unpaired) electrons. The highest BCUT2D eigenvalue weighted by molar-refractivity contribution is 5.85. The van der Waals surface area contributed by atoms with Gasteiger partial charge in [-0.2, -0.15) is 0 Å². The van der Waals surface area contributed by atoms with Gasteiger partial charge in [-0.05, 0) is 49.1 Å². The van der Waals surface area contributed by atoms with Crippen molar-refractivity contribution < 1.29 is 14.3 Å². The zero-order chi connectivity index (χ0) is 24.3. The summed E-state index contributed by atoms with van der Waals surface area (Å²) in [5.74, 6) is 0.723. The molecule has 7 nitrogen and oxygen atoms in total. The number of aromatic amines is 1. The zero-order valence-corrected chi connectivity index (χ0v) is 20.5. The number of carbonyl (C=O) groups excluding carboxylic acids is 2. The van der Waals surface area contributed by atoms with Crippen molar-refractivity contribution >= 4 is 22.8 Å². The fraction of sp³-hybridized carbons (Fsp3) is 0.407. The van der Waals surface area contributed by atoms with Crippen LogP contribution in [-0.4, -0.2) is 60.0 Å². The Hall–Kier alpha value is -3.48. The van der Waals surface area contributed by atoms with Crippen molar-refractivity contribution in [2.75, 3.05) is 33.3 Å². The van der Waals surface area contributed by atoms with Crippen molar-refractivity contribution in [1.29, 1.82) is 0 Å². The van der Waals surface area contributed by atoms with Crippen LogP contribution in [0.5, 0.6) is 5.75 Å². The summed E-state index contributed by atoms with van der Waals surface area (Å²) >= 11 is 0. The van der Waals surface area contributed by atoms with E-state index in [0.29, 0.717) is 26.2 Å². The van der Waals surface area contributed by atoms with E-state index in [1.807, 2.05) is 54.4 Å². The van der Waals surface area contributed by atoms with Crippen LogP contribution in [0.1, 0.15) is 37.8 Å². The molecule has 0 spiro atoms. The van der Waals surface area contributed by atoms with Crippen LogP contribution in [0.2, 0.25) is 0 Å². The van der Waals surface area contributed by atoms with Crippen molar-refractivity contribution in [3.8, 4) is 5.75 Å². The van der Waals surface area contributed by atoms with E-state index >= 15 is 0 Å². The lowest BCUT2D eigenvalue weighted by atomic mass is 10.1. The molecule has 34 heavy (non-hydrogen) atoms. The predicted octanol–water partition coefficient (Wildman–Crippen LogP) is 4.58. The van der Waals surface area contributed by atoms with E-state index in [2.05, 4.69) is 29.4 Å². The SMILES string of the molecule is CCCCN(CC(=O)N(CCc1c[nH]c2ccccc12)Cc1ccc(OC)cc1)C(=O)NCC. The van der Waals surface area contributed by atoms with Crippen LogP contribution in [0.3, 0.4) is 0 Å². The molecule has 3 amide bonds. The number of para-hydroxylation sites is 1. The van der Waals surface area contributed by atoms with E-state index in [4.69, 9.17) is 4.74 Å². The molecule has 0 aliphatic carbocycles. The molecule has 0 saturated carbocycles. The number of hydrogen-bond acceptors (Lipinski definition) is 3. The van der Waals surface area contributed by atoms with Gasteiger partial charge in [-0.15, -0.1) is 0 Å². The Morgan fingerprint density at radius 1 is 1.00 bits per heavy atom. The molecule has 7 heteroatoms. The van der Waals surface area contributed by atoms with Crippen LogP contribution in [-0.2, 0) is 17.8 Å². The molecule has 1 heterocycles. The zero-order valence-electron chi connectivity index (χ0n) is 20.5. The Morgan fingerprint density at radius 2 is 1.76 bits per heavy atom. The summed E-state index contributed by atoms with van der Waals surface area (Å²) in [6, 6.07) is 15.7. The first-order valence-electron chi connectivity index (χ1n) is 12.0. The Bertz CT molecular complexity index is 1060. The Kier molecular flexibility index (Phi) is 9.38. The van der Waals surface area contributed by atoms with Gasteiger partial charge in [0.05, 0.1) is 7.11 Å². The molecule has 2 N–H and O–H groups in total. The van der Waals surface area contributed by atoms with Gasteiger partial charge in [0.1, 0.15) is 12.3 Å². The lowest BCUT2D eigenvalue weighted by Crippen LogP contribution is -2.47. The van der Waals surface area contributed by atoms with Gasteiger partial charge in [-0.1, -0.05) is 43.7 Å². The number of nitrogens with zero attached hydrogens (tertiary/aromatic N) is 2. The standard InChI is InChI=1S/C27H36N4O3/c1-4-6-16-31(27(33)28-5-2)20-26(32)30(19-21-11-13-23(34-3)14-12-21)17-15-22-18-29-25-10-8-7-9-24(22)25/h7-14,18,29H,4-6,15-17,19-20H2,1-3H3,(H,28,33). The summed E-state index contributed by atoms with van der Waals surface area (Å²) in [7, 11) is 1.64. The van der Waals surface area contributed by atoms with Gasteiger partial charge in [0, 0.05) is 43.3 Å². The van der Waals surface area contributed by atoms with Gasteiger partial charge in [-0.3, -0.25) is 4.79 Å². The normalized spacial score (nSPS) is 10.8. The van der Waals surface area contributed by atoms with Crippen LogP contribution < -0.4 is 10.1 Å². The topological polar surface area (TPSA) is 77.7 Å². The lowest BCUT2D eigenvalue weighted by Gasteiger charge is -2.28. The Labute approximate surface area is 202 Å². The van der Waals surface area contributed by atoms with Crippen molar-refractivity contribution in [3.63, 3.8) is 0 Å². The number of aromatic nitrogens is 1. The molecule has 0 aliphatic heterocycles. The van der Waals surface area contributed by atoms with E-state index in [0.717, 1.165) is 36.1 Å². The smallest absolute Gasteiger partial charge is 0.317 e. The van der Waals surface area contributed by atoms with Gasteiger partial charge >= 0.3 is 6.03 Å². The van der Waals surface area contributed by atoms with E-state index in [1.165, 1.54) is 10.9 Å². The summed E-state index contributed by atoms with van der Waals surface area (Å²) in [6.45, 7) is 6.16. The molecular formula is C27H36N4O3. The van der Waals surface area contributed by atoms with Crippen LogP contribution in [0.15, 0.2) is 54.7 Å². The van der Waals surface area contributed by atoms with Gasteiger partial charge < -0.3 is 24.8 Å². The molecule has 0 bridgehead atoms. The number of urea groups is 1. The maximum atomic E-state index is 13.4. The van der Waals surface area contributed by atoms with Gasteiger partial charge in [-0.25, -0.2) is 4.79 Å². The number of nitrogens with one attached hydrogen (secondary N) is 2. The molecule has 0 fully saturated rings. The minimum atomic E-state index is -0.190. The average molecular weight is 465 g/mol. The number of carbonyl (C=O) groups is 2. The van der Waals surface area contributed by atoms with Gasteiger partial charge in [0.25, 0.3) is 0 Å². The number of H-pyrrole nitrogens is 1. The molecule has 182 valence electrons. The number of benzene rings is 2. The summed E-state index contributed by atoms with van der Waals surface area (Å²) in [6.07, 6.45) is 4.56. The van der Waals surface area contributed by atoms with Crippen LogP contribution >= 0.6 is 0 Å². The van der Waals surface area contributed by atoms with E-state index in [9.17, 15) is 9.59 Å². The fourth-order valence-electron chi connectivity index (χ4n) is 3.96. The third-order valence-electron chi connectivity index (χ3n) is 5.93. The molecule has 3 rings (SSSR count). The second-order valence-electron chi connectivity index (χ2n) is 8.38. The van der Waals surface area contributed by atoms with Crippen molar-refractivity contribution in [3.05, 3.63) is 65.9 Å². The monoisotopic (exact) mass is 464 g/mol. The minimum absolute atomic E-state index is 0.0574. The van der Waals surface area contributed by atoms with Crippen molar-refractivity contribution in [1.82, 2.24) is 20.1 Å². The third-order valence-corrected chi connectivity index (χ3v) is 5.93. The molecule has 0 aliphatic rings. The highest BCUT2D eigenvalue weighted by Crippen LogP contribution is 2.19. The predicted molar refractivity (Wildman–Crippen MR) is 136 cm³/mol. The van der Waals surface area contributed by atoms with Crippen LogP contribution in [0.4, 0.5) is 4.79 Å². The average Bonchev–Trinajstić information content (AvgIpc) is 3.27. The van der Waals surface area contributed by atoms with Crippen molar-refractivity contribution in [2.45, 2.75) is 39.7 Å². The third kappa shape index (κ3) is 6.76. The first kappa shape index (κ1) is 25.1. The first-order valence-corrected chi connectivity index (χ1v) is 12.0. The highest BCUT2D eigenvalue weighted by atomic mass is 16.5. The second-order valence-corrected chi connectivity index (χ2v) is 8.38. The largest absolute Gasteiger partial charge is 0.497 e. The number of ether oxygens (including phenoxy) is 1.